The molecule has 0 unspecified atom stereocenters. The van der Waals surface area contributed by atoms with Crippen LogP contribution in [0.3, 0.4) is 0 Å². The minimum absolute atomic E-state index is 0.325. The maximum Gasteiger partial charge on any atom is 0.0681 e. The predicted molar refractivity (Wildman–Crippen MR) is 28.8 cm³/mol. The average Bonchev–Trinajstić information content (AvgIpc) is 2.22. The van der Waals surface area contributed by atoms with E-state index in [0.717, 1.165) is 19.3 Å². The molecule has 0 aromatic rings. The molecule has 1 aliphatic carbocycles. The molecule has 0 aliphatic heterocycles. The second kappa shape index (κ2) is 1.48. The third kappa shape index (κ3) is 1.16. The van der Waals surface area contributed by atoms with Crippen LogP contribution in [0.2, 0.25) is 0 Å². The van der Waals surface area contributed by atoms with Gasteiger partial charge in [-0.2, -0.15) is 0 Å². The van der Waals surface area contributed by atoms with E-state index >= 15 is 0 Å². The molecule has 1 fully saturated rings. The molecule has 0 saturated heterocycles. The molecule has 0 amide bonds. The second-order valence-corrected chi connectivity index (χ2v) is 2.22. The van der Waals surface area contributed by atoms with Crippen LogP contribution in [0.15, 0.2) is 0 Å². The monoisotopic (exact) mass is 99.1 g/mol. The summed E-state index contributed by atoms with van der Waals surface area (Å²) >= 11 is 0. The van der Waals surface area contributed by atoms with Crippen molar-refractivity contribution < 1.29 is 5.11 Å². The van der Waals surface area contributed by atoms with Crippen molar-refractivity contribution in [2.45, 2.75) is 31.8 Å². The third-order valence-electron chi connectivity index (χ3n) is 1.35. The zero-order valence-electron chi connectivity index (χ0n) is 4.65. The molecule has 1 N–H and O–H groups in total. The summed E-state index contributed by atoms with van der Waals surface area (Å²) in [7, 11) is 0. The van der Waals surface area contributed by atoms with E-state index in [0.29, 0.717) is 0 Å². The molecule has 41 valence electrons. The predicted octanol–water partition coefficient (Wildman–Crippen LogP) is 1.13. The zero-order valence-corrected chi connectivity index (χ0v) is 4.65. The summed E-state index contributed by atoms with van der Waals surface area (Å²) in [6, 6.07) is 0. The van der Waals surface area contributed by atoms with Crippen molar-refractivity contribution in [2.75, 3.05) is 0 Å². The third-order valence-corrected chi connectivity index (χ3v) is 1.35. The Morgan fingerprint density at radius 1 is 1.71 bits per heavy atom. The molecule has 7 heavy (non-hydrogen) atoms. The Morgan fingerprint density at radius 3 is 2.43 bits per heavy atom. The Morgan fingerprint density at radius 2 is 2.29 bits per heavy atom. The maximum atomic E-state index is 9.07. The van der Waals surface area contributed by atoms with Gasteiger partial charge < -0.3 is 5.11 Å². The molecule has 1 aliphatic rings. The molecule has 1 radical (unpaired) electrons. The van der Waals surface area contributed by atoms with Crippen molar-refractivity contribution >= 4 is 0 Å². The maximum absolute atomic E-state index is 9.07. The zero-order chi connectivity index (χ0) is 5.33. The van der Waals surface area contributed by atoms with Gasteiger partial charge in [-0.05, 0) is 19.3 Å². The van der Waals surface area contributed by atoms with Gasteiger partial charge in [0.05, 0.1) is 5.60 Å². The Balaban J connectivity index is 2.13. The van der Waals surface area contributed by atoms with Crippen molar-refractivity contribution in [3.8, 4) is 0 Å². The standard InChI is InChI=1S/C6H11O/c1-2-3-6(7)4-5-6/h3,7H,2,4-5H2,1H3. The summed E-state index contributed by atoms with van der Waals surface area (Å²) in [6.45, 7) is 2.05. The van der Waals surface area contributed by atoms with Crippen molar-refractivity contribution in [1.29, 1.82) is 0 Å². The highest BCUT2D eigenvalue weighted by atomic mass is 16.3. The lowest BCUT2D eigenvalue weighted by Gasteiger charge is -2.00. The van der Waals surface area contributed by atoms with Gasteiger partial charge in [-0.15, -0.1) is 0 Å². The summed E-state index contributed by atoms with van der Waals surface area (Å²) in [5.41, 5.74) is -0.325. The van der Waals surface area contributed by atoms with E-state index < -0.39 is 0 Å². The van der Waals surface area contributed by atoms with Gasteiger partial charge in [-0.1, -0.05) is 13.3 Å². The first-order valence-corrected chi connectivity index (χ1v) is 2.83. The van der Waals surface area contributed by atoms with Gasteiger partial charge in [0.1, 0.15) is 0 Å². The summed E-state index contributed by atoms with van der Waals surface area (Å²) in [4.78, 5) is 0. The Kier molecular flexibility index (Phi) is 1.08. The van der Waals surface area contributed by atoms with E-state index in [4.69, 9.17) is 5.11 Å². The number of hydrogen-bond acceptors (Lipinski definition) is 1. The van der Waals surface area contributed by atoms with E-state index in [1.807, 2.05) is 6.42 Å². The van der Waals surface area contributed by atoms with Gasteiger partial charge in [-0.3, -0.25) is 0 Å². The summed E-state index contributed by atoms with van der Waals surface area (Å²) in [6.07, 6.45) is 4.95. The molecule has 0 bridgehead atoms. The normalized spacial score (nSPS) is 24.9. The molecular formula is C6H11O. The Bertz CT molecular complexity index is 64.6. The van der Waals surface area contributed by atoms with Crippen LogP contribution in [-0.2, 0) is 0 Å². The fourth-order valence-corrected chi connectivity index (χ4v) is 0.712. The fourth-order valence-electron chi connectivity index (χ4n) is 0.712. The Hall–Kier alpha value is -0.0400. The van der Waals surface area contributed by atoms with Crippen molar-refractivity contribution in [3.05, 3.63) is 6.42 Å². The number of aliphatic hydroxyl groups is 1. The number of rotatable bonds is 2. The van der Waals surface area contributed by atoms with E-state index in [9.17, 15) is 0 Å². The summed E-state index contributed by atoms with van der Waals surface area (Å²) in [5.74, 6) is 0. The smallest absolute Gasteiger partial charge is 0.0681 e. The van der Waals surface area contributed by atoms with Gasteiger partial charge >= 0.3 is 0 Å². The van der Waals surface area contributed by atoms with E-state index in [2.05, 4.69) is 6.92 Å². The molecule has 0 aromatic carbocycles. The van der Waals surface area contributed by atoms with Gasteiger partial charge in [0.25, 0.3) is 0 Å². The molecular weight excluding hydrogens is 88.1 g/mol. The molecule has 1 saturated carbocycles. The Labute approximate surface area is 44.4 Å². The average molecular weight is 99.2 g/mol. The first kappa shape index (κ1) is 5.10. The largest absolute Gasteiger partial charge is 0.390 e. The summed E-state index contributed by atoms with van der Waals surface area (Å²) < 4.78 is 0. The van der Waals surface area contributed by atoms with Gasteiger partial charge in [0.2, 0.25) is 0 Å². The second-order valence-electron chi connectivity index (χ2n) is 2.22. The van der Waals surface area contributed by atoms with Crippen molar-refractivity contribution in [3.63, 3.8) is 0 Å². The molecule has 0 spiro atoms. The molecule has 1 heteroatoms. The van der Waals surface area contributed by atoms with Crippen LogP contribution in [-0.4, -0.2) is 10.7 Å². The van der Waals surface area contributed by atoms with Crippen LogP contribution in [0.5, 0.6) is 0 Å². The number of hydrogen-bond donors (Lipinski definition) is 1. The van der Waals surface area contributed by atoms with Crippen LogP contribution in [0, 0.1) is 6.42 Å². The lowest BCUT2D eigenvalue weighted by molar-refractivity contribution is 0.181. The summed E-state index contributed by atoms with van der Waals surface area (Å²) in [5, 5.41) is 9.07. The highest BCUT2D eigenvalue weighted by Gasteiger charge is 2.38. The van der Waals surface area contributed by atoms with Crippen LogP contribution in [0.1, 0.15) is 26.2 Å². The van der Waals surface area contributed by atoms with Crippen molar-refractivity contribution in [1.82, 2.24) is 0 Å². The molecule has 0 aromatic heterocycles. The van der Waals surface area contributed by atoms with Crippen LogP contribution in [0.4, 0.5) is 0 Å². The topological polar surface area (TPSA) is 20.2 Å². The van der Waals surface area contributed by atoms with E-state index in [1.165, 1.54) is 0 Å². The van der Waals surface area contributed by atoms with Crippen molar-refractivity contribution in [2.24, 2.45) is 0 Å². The van der Waals surface area contributed by atoms with E-state index in [-0.39, 0.29) is 5.60 Å². The molecule has 0 heterocycles. The highest BCUT2D eigenvalue weighted by molar-refractivity contribution is 5.03. The molecule has 0 atom stereocenters. The lowest BCUT2D eigenvalue weighted by Crippen LogP contribution is -2.04. The van der Waals surface area contributed by atoms with Crippen LogP contribution in [0.25, 0.3) is 0 Å². The van der Waals surface area contributed by atoms with E-state index in [1.54, 1.807) is 0 Å². The highest BCUT2D eigenvalue weighted by Crippen LogP contribution is 2.38. The van der Waals surface area contributed by atoms with Gasteiger partial charge in [-0.25, -0.2) is 0 Å². The first-order chi connectivity index (χ1) is 3.27. The quantitative estimate of drug-likeness (QED) is 0.550. The SMILES string of the molecule is CC[CH]C1(O)CC1. The lowest BCUT2D eigenvalue weighted by atomic mass is 10.2. The van der Waals surface area contributed by atoms with Gasteiger partial charge in [0, 0.05) is 0 Å². The first-order valence-electron chi connectivity index (χ1n) is 2.83. The minimum atomic E-state index is -0.325. The molecule has 1 rings (SSSR count). The van der Waals surface area contributed by atoms with Crippen LogP contribution >= 0.6 is 0 Å². The molecule has 1 nitrogen and oxygen atoms in total. The minimum Gasteiger partial charge on any atom is -0.390 e. The fraction of sp³-hybridized carbons (Fsp3) is 0.833. The van der Waals surface area contributed by atoms with Crippen LogP contribution < -0.4 is 0 Å². The van der Waals surface area contributed by atoms with Gasteiger partial charge in [0.15, 0.2) is 0 Å².